The molecule has 2 heterocycles. The average Bonchev–Trinajstić information content (AvgIpc) is 2.74. The third-order valence-corrected chi connectivity index (χ3v) is 3.49. The Bertz CT molecular complexity index is 708. The van der Waals surface area contributed by atoms with Gasteiger partial charge in [-0.15, -0.1) is 0 Å². The number of rotatable bonds is 6. The second kappa shape index (κ2) is 6.86. The number of carboxylic acid groups (broad SMARTS) is 1. The summed E-state index contributed by atoms with van der Waals surface area (Å²) in [7, 11) is 1.29. The Morgan fingerprint density at radius 2 is 2.13 bits per heavy atom. The smallest absolute Gasteiger partial charge is 0.330 e. The molecule has 0 radical (unpaired) electrons. The Balaban J connectivity index is 2.21. The lowest BCUT2D eigenvalue weighted by atomic mass is 10.0. The second-order valence-corrected chi connectivity index (χ2v) is 5.09. The molecule has 1 aromatic rings. The zero-order valence-corrected chi connectivity index (χ0v) is 12.2. The number of ketones is 1. The Morgan fingerprint density at radius 1 is 1.43 bits per heavy atom. The zero-order chi connectivity index (χ0) is 17.1. The highest BCUT2D eigenvalue weighted by molar-refractivity contribution is 5.94. The summed E-state index contributed by atoms with van der Waals surface area (Å²) in [5, 5.41) is 18.8. The van der Waals surface area contributed by atoms with Gasteiger partial charge in [-0.2, -0.15) is 0 Å². The number of nitrogens with zero attached hydrogens (tertiary/aromatic N) is 1. The lowest BCUT2D eigenvalue weighted by molar-refractivity contribution is -0.141. The van der Waals surface area contributed by atoms with E-state index >= 15 is 0 Å². The summed E-state index contributed by atoms with van der Waals surface area (Å²) in [6.45, 7) is 0. The lowest BCUT2D eigenvalue weighted by Gasteiger charge is -2.19. The van der Waals surface area contributed by atoms with Crippen LogP contribution in [-0.2, 0) is 19.1 Å². The third-order valence-electron chi connectivity index (χ3n) is 3.49. The normalized spacial score (nSPS) is 27.0. The highest BCUT2D eigenvalue weighted by atomic mass is 16.6. The standard InChI is InChI=1S/C13H16N2O8/c1-22-11-10(20)7(4-6(16)5-9(18)19)23-12(11)15-3-2-8(17)14-13(15)21/h2-3,7,10-12,20H,4-5H2,1H3,(H,18,19)(H,14,17,21)/t7-,10+,11-,12-/m1/s1. The molecule has 10 heteroatoms. The maximum Gasteiger partial charge on any atom is 0.330 e. The largest absolute Gasteiger partial charge is 0.481 e. The van der Waals surface area contributed by atoms with Crippen molar-refractivity contribution in [1.82, 2.24) is 9.55 Å². The van der Waals surface area contributed by atoms with E-state index in [0.717, 1.165) is 10.6 Å². The van der Waals surface area contributed by atoms with E-state index in [4.69, 9.17) is 14.6 Å². The van der Waals surface area contributed by atoms with Crippen molar-refractivity contribution < 1.29 is 29.3 Å². The first-order valence-electron chi connectivity index (χ1n) is 6.74. The van der Waals surface area contributed by atoms with Gasteiger partial charge in [0.15, 0.2) is 6.23 Å². The molecule has 2 rings (SSSR count). The number of methoxy groups -OCH3 is 1. The molecule has 0 spiro atoms. The van der Waals surface area contributed by atoms with E-state index in [2.05, 4.69) is 0 Å². The molecule has 0 aliphatic carbocycles. The number of H-pyrrole nitrogens is 1. The number of ether oxygens (including phenoxy) is 2. The third kappa shape index (κ3) is 3.73. The highest BCUT2D eigenvalue weighted by Gasteiger charge is 2.46. The first-order chi connectivity index (χ1) is 10.8. The van der Waals surface area contributed by atoms with Crippen molar-refractivity contribution >= 4 is 11.8 Å². The maximum atomic E-state index is 11.8. The summed E-state index contributed by atoms with van der Waals surface area (Å²) in [4.78, 5) is 47.1. The van der Waals surface area contributed by atoms with Gasteiger partial charge in [0.2, 0.25) is 0 Å². The van der Waals surface area contributed by atoms with Crippen LogP contribution in [0.3, 0.4) is 0 Å². The highest BCUT2D eigenvalue weighted by Crippen LogP contribution is 2.32. The number of hydrogen-bond donors (Lipinski definition) is 3. The van der Waals surface area contributed by atoms with Crippen molar-refractivity contribution in [2.24, 2.45) is 0 Å². The van der Waals surface area contributed by atoms with E-state index < -0.39 is 54.0 Å². The first-order valence-corrected chi connectivity index (χ1v) is 6.74. The van der Waals surface area contributed by atoms with Crippen molar-refractivity contribution in [2.75, 3.05) is 7.11 Å². The molecular weight excluding hydrogens is 312 g/mol. The van der Waals surface area contributed by atoms with Gasteiger partial charge in [-0.3, -0.25) is 23.9 Å². The topological polar surface area (TPSA) is 148 Å². The predicted molar refractivity (Wildman–Crippen MR) is 73.9 cm³/mol. The molecule has 0 bridgehead atoms. The van der Waals surface area contributed by atoms with Crippen LogP contribution in [0.25, 0.3) is 0 Å². The summed E-state index contributed by atoms with van der Waals surface area (Å²) in [5.74, 6) is -1.90. The first kappa shape index (κ1) is 17.1. The summed E-state index contributed by atoms with van der Waals surface area (Å²) in [6.07, 6.45) is -4.10. The minimum absolute atomic E-state index is 0.331. The van der Waals surface area contributed by atoms with E-state index in [-0.39, 0.29) is 6.42 Å². The molecule has 0 amide bonds. The SMILES string of the molecule is CO[C@@H]1[C@@H](O)[C@@H](CC(=O)CC(=O)O)O[C@H]1n1ccc(=O)[nH]c1=O. The van der Waals surface area contributed by atoms with Crippen molar-refractivity contribution in [2.45, 2.75) is 37.4 Å². The van der Waals surface area contributed by atoms with Crippen LogP contribution in [0.15, 0.2) is 21.9 Å². The molecule has 10 nitrogen and oxygen atoms in total. The second-order valence-electron chi connectivity index (χ2n) is 5.09. The molecule has 0 aromatic carbocycles. The Morgan fingerprint density at radius 3 is 2.70 bits per heavy atom. The maximum absolute atomic E-state index is 11.8. The molecule has 1 aliphatic rings. The molecular formula is C13H16N2O8. The molecule has 23 heavy (non-hydrogen) atoms. The molecule has 0 saturated carbocycles. The molecule has 4 atom stereocenters. The van der Waals surface area contributed by atoms with E-state index in [0.29, 0.717) is 0 Å². The Labute approximate surface area is 129 Å². The van der Waals surface area contributed by atoms with Gasteiger partial charge in [0.1, 0.15) is 24.4 Å². The van der Waals surface area contributed by atoms with E-state index in [1.54, 1.807) is 0 Å². The van der Waals surface area contributed by atoms with Crippen LogP contribution in [0.5, 0.6) is 0 Å². The van der Waals surface area contributed by atoms with Gasteiger partial charge in [-0.1, -0.05) is 0 Å². The summed E-state index contributed by atoms with van der Waals surface area (Å²) < 4.78 is 11.6. The van der Waals surface area contributed by atoms with Gasteiger partial charge < -0.3 is 19.7 Å². The Hall–Kier alpha value is -2.30. The number of aromatic amines is 1. The van der Waals surface area contributed by atoms with Gasteiger partial charge in [0.05, 0.1) is 6.10 Å². The number of carboxylic acids is 1. The number of carbonyl (C=O) groups is 2. The van der Waals surface area contributed by atoms with Crippen LogP contribution >= 0.6 is 0 Å². The minimum atomic E-state index is -1.28. The molecule has 3 N–H and O–H groups in total. The van der Waals surface area contributed by atoms with Crippen LogP contribution in [0.2, 0.25) is 0 Å². The fraction of sp³-hybridized carbons (Fsp3) is 0.538. The zero-order valence-electron chi connectivity index (χ0n) is 12.2. The minimum Gasteiger partial charge on any atom is -0.481 e. The van der Waals surface area contributed by atoms with Gasteiger partial charge in [0, 0.05) is 25.8 Å². The number of nitrogens with one attached hydrogen (secondary N) is 1. The van der Waals surface area contributed by atoms with E-state index in [9.17, 15) is 24.3 Å². The van der Waals surface area contributed by atoms with Crippen LogP contribution in [0.4, 0.5) is 0 Å². The summed E-state index contributed by atoms with van der Waals surface area (Å²) in [5.41, 5.74) is -1.35. The molecule has 1 fully saturated rings. The molecule has 1 saturated heterocycles. The molecule has 126 valence electrons. The number of aliphatic hydroxyl groups is 1. The van der Waals surface area contributed by atoms with Crippen LogP contribution in [0.1, 0.15) is 19.1 Å². The van der Waals surface area contributed by atoms with E-state index in [1.807, 2.05) is 4.98 Å². The predicted octanol–water partition coefficient (Wildman–Crippen LogP) is -1.76. The summed E-state index contributed by atoms with van der Waals surface area (Å²) in [6, 6.07) is 1.10. The van der Waals surface area contributed by atoms with E-state index in [1.165, 1.54) is 13.3 Å². The molecule has 1 aliphatic heterocycles. The van der Waals surface area contributed by atoms with Gasteiger partial charge in [-0.05, 0) is 0 Å². The number of aliphatic carboxylic acids is 1. The van der Waals surface area contributed by atoms with Crippen molar-refractivity contribution in [1.29, 1.82) is 0 Å². The quantitative estimate of drug-likeness (QED) is 0.520. The van der Waals surface area contributed by atoms with Crippen LogP contribution in [0, 0.1) is 0 Å². The van der Waals surface area contributed by atoms with Crippen LogP contribution in [-0.4, -0.2) is 56.9 Å². The van der Waals surface area contributed by atoms with Crippen molar-refractivity contribution in [3.63, 3.8) is 0 Å². The van der Waals surface area contributed by atoms with Gasteiger partial charge in [0.25, 0.3) is 5.56 Å². The number of hydrogen-bond acceptors (Lipinski definition) is 7. The number of aliphatic hydroxyl groups excluding tert-OH is 1. The van der Waals surface area contributed by atoms with Crippen LogP contribution < -0.4 is 11.2 Å². The van der Waals surface area contributed by atoms with Crippen molar-refractivity contribution in [3.05, 3.63) is 33.1 Å². The number of Topliss-reactive ketones (excluding diaryl/α,β-unsaturated/α-hetero) is 1. The Kier molecular flexibility index (Phi) is 5.08. The molecule has 1 aromatic heterocycles. The monoisotopic (exact) mass is 328 g/mol. The summed E-state index contributed by atoms with van der Waals surface area (Å²) >= 11 is 0. The lowest BCUT2D eigenvalue weighted by Crippen LogP contribution is -2.38. The fourth-order valence-corrected chi connectivity index (χ4v) is 2.46. The molecule has 0 unspecified atom stereocenters. The average molecular weight is 328 g/mol. The fourth-order valence-electron chi connectivity index (χ4n) is 2.46. The van der Waals surface area contributed by atoms with Gasteiger partial charge in [-0.25, -0.2) is 4.79 Å². The number of carbonyl (C=O) groups excluding carboxylic acids is 1. The van der Waals surface area contributed by atoms with Crippen molar-refractivity contribution in [3.8, 4) is 0 Å². The number of aromatic nitrogens is 2. The van der Waals surface area contributed by atoms with Gasteiger partial charge >= 0.3 is 11.7 Å².